The van der Waals surface area contributed by atoms with Crippen LogP contribution >= 0.6 is 0 Å². The number of halogens is 1. The van der Waals surface area contributed by atoms with Gasteiger partial charge in [0, 0.05) is 0 Å². The van der Waals surface area contributed by atoms with Gasteiger partial charge in [0.25, 0.3) is 0 Å². The van der Waals surface area contributed by atoms with Crippen molar-refractivity contribution >= 4 is 12.2 Å². The van der Waals surface area contributed by atoms with Crippen molar-refractivity contribution in [3.05, 3.63) is 102 Å². The fourth-order valence-electron chi connectivity index (χ4n) is 4.50. The van der Waals surface area contributed by atoms with Crippen LogP contribution < -0.4 is 4.74 Å². The third-order valence-corrected chi connectivity index (χ3v) is 6.46. The highest BCUT2D eigenvalue weighted by atomic mass is 19.1. The molecule has 0 heterocycles. The molecule has 0 spiro atoms. The normalized spacial score (nSPS) is 18.6. The van der Waals surface area contributed by atoms with E-state index >= 15 is 0 Å². The maximum Gasteiger partial charge on any atom is 0.165 e. The average Bonchev–Trinajstić information content (AvgIpc) is 2.85. The highest BCUT2D eigenvalue weighted by molar-refractivity contribution is 5.72. The lowest BCUT2D eigenvalue weighted by atomic mass is 9.79. The SMILES string of the molecule is C=CC1CCC(c2ccc(/C=C/c3ccc(-c4ccc(OCC)c(F)c4)cc3)cc2)CC1. The lowest BCUT2D eigenvalue weighted by molar-refractivity contribution is 0.321. The van der Waals surface area contributed by atoms with Gasteiger partial charge in [0.2, 0.25) is 0 Å². The molecule has 2 heteroatoms. The van der Waals surface area contributed by atoms with Crippen molar-refractivity contribution < 1.29 is 9.13 Å². The Morgan fingerprint density at radius 2 is 1.44 bits per heavy atom. The smallest absolute Gasteiger partial charge is 0.165 e. The lowest BCUT2D eigenvalue weighted by Crippen LogP contribution is -2.11. The third-order valence-electron chi connectivity index (χ3n) is 6.46. The van der Waals surface area contributed by atoms with Gasteiger partial charge in [0.1, 0.15) is 0 Å². The maximum absolute atomic E-state index is 14.2. The van der Waals surface area contributed by atoms with Crippen molar-refractivity contribution in [2.75, 3.05) is 6.61 Å². The lowest BCUT2D eigenvalue weighted by Gasteiger charge is -2.26. The number of ether oxygens (including phenoxy) is 1. The van der Waals surface area contributed by atoms with Crippen molar-refractivity contribution in [1.29, 1.82) is 0 Å². The van der Waals surface area contributed by atoms with Crippen LogP contribution in [0.1, 0.15) is 55.2 Å². The Morgan fingerprint density at radius 3 is 2.00 bits per heavy atom. The Bertz CT molecular complexity index is 1050. The standard InChI is InChI=1S/C30H31FO/c1-3-22-7-13-25(14-8-22)26-15-9-23(10-16-26)5-6-24-11-17-27(18-12-24)28-19-20-30(32-4-2)29(31)21-28/h3,5-6,9-12,15-22,25H,1,4,7-8,13-14H2,2H3/b6-5+. The average molecular weight is 427 g/mol. The summed E-state index contributed by atoms with van der Waals surface area (Å²) in [6.45, 7) is 6.25. The van der Waals surface area contributed by atoms with E-state index in [1.54, 1.807) is 6.07 Å². The van der Waals surface area contributed by atoms with Gasteiger partial charge in [-0.05, 0) is 84.4 Å². The monoisotopic (exact) mass is 426 g/mol. The summed E-state index contributed by atoms with van der Waals surface area (Å²) in [6, 6.07) is 22.3. The molecular weight excluding hydrogens is 395 g/mol. The number of allylic oxidation sites excluding steroid dienone is 1. The molecule has 0 N–H and O–H groups in total. The first-order valence-corrected chi connectivity index (χ1v) is 11.6. The largest absolute Gasteiger partial charge is 0.491 e. The molecule has 0 aliphatic heterocycles. The van der Waals surface area contributed by atoms with Crippen LogP contribution in [0.3, 0.4) is 0 Å². The van der Waals surface area contributed by atoms with Crippen LogP contribution in [-0.2, 0) is 0 Å². The van der Waals surface area contributed by atoms with Crippen molar-refractivity contribution in [3.63, 3.8) is 0 Å². The highest BCUT2D eigenvalue weighted by Gasteiger charge is 2.20. The minimum Gasteiger partial charge on any atom is -0.491 e. The second-order valence-electron chi connectivity index (χ2n) is 8.55. The molecule has 4 rings (SSSR count). The second-order valence-corrected chi connectivity index (χ2v) is 8.55. The van der Waals surface area contributed by atoms with Crippen LogP contribution in [0.4, 0.5) is 4.39 Å². The minimum atomic E-state index is -0.328. The Labute approximate surface area is 191 Å². The molecule has 0 unspecified atom stereocenters. The van der Waals surface area contributed by atoms with Crippen LogP contribution in [0, 0.1) is 11.7 Å². The van der Waals surface area contributed by atoms with Gasteiger partial charge in [-0.15, -0.1) is 6.58 Å². The molecular formula is C30H31FO. The number of hydrogen-bond donors (Lipinski definition) is 0. The molecule has 0 saturated heterocycles. The van der Waals surface area contributed by atoms with Gasteiger partial charge in [-0.25, -0.2) is 4.39 Å². The van der Waals surface area contributed by atoms with Crippen molar-refractivity contribution in [3.8, 4) is 16.9 Å². The first-order valence-electron chi connectivity index (χ1n) is 11.6. The highest BCUT2D eigenvalue weighted by Crippen LogP contribution is 2.36. The second kappa shape index (κ2) is 10.5. The van der Waals surface area contributed by atoms with Crippen molar-refractivity contribution in [2.24, 2.45) is 5.92 Å². The first kappa shape index (κ1) is 22.1. The molecule has 32 heavy (non-hydrogen) atoms. The minimum absolute atomic E-state index is 0.297. The van der Waals surface area contributed by atoms with Crippen LogP contribution in [0.5, 0.6) is 5.75 Å². The molecule has 1 aliphatic carbocycles. The molecule has 1 nitrogen and oxygen atoms in total. The molecule has 0 radical (unpaired) electrons. The molecule has 1 saturated carbocycles. The molecule has 0 aromatic heterocycles. The van der Waals surface area contributed by atoms with E-state index in [2.05, 4.69) is 61.2 Å². The van der Waals surface area contributed by atoms with E-state index in [-0.39, 0.29) is 5.82 Å². The van der Waals surface area contributed by atoms with E-state index in [1.807, 2.05) is 25.1 Å². The summed E-state index contributed by atoms with van der Waals surface area (Å²) in [5.74, 6) is 1.36. The Hall–Kier alpha value is -3.13. The van der Waals surface area contributed by atoms with E-state index in [1.165, 1.54) is 42.9 Å². The summed E-state index contributed by atoms with van der Waals surface area (Å²) in [6.07, 6.45) is 11.4. The van der Waals surface area contributed by atoms with Crippen LogP contribution in [0.15, 0.2) is 79.4 Å². The topological polar surface area (TPSA) is 9.23 Å². The Kier molecular flexibility index (Phi) is 7.21. The van der Waals surface area contributed by atoms with Crippen molar-refractivity contribution in [1.82, 2.24) is 0 Å². The Balaban J connectivity index is 1.38. The number of rotatable bonds is 7. The van der Waals surface area contributed by atoms with Gasteiger partial charge in [-0.2, -0.15) is 0 Å². The molecule has 3 aromatic carbocycles. The van der Waals surface area contributed by atoms with E-state index in [0.29, 0.717) is 24.2 Å². The summed E-state index contributed by atoms with van der Waals surface area (Å²) < 4.78 is 19.4. The molecule has 3 aromatic rings. The zero-order valence-corrected chi connectivity index (χ0v) is 18.8. The van der Waals surface area contributed by atoms with E-state index in [4.69, 9.17) is 4.74 Å². The van der Waals surface area contributed by atoms with Gasteiger partial charge in [-0.3, -0.25) is 0 Å². The van der Waals surface area contributed by atoms with E-state index in [9.17, 15) is 4.39 Å². The molecule has 0 bridgehead atoms. The van der Waals surface area contributed by atoms with Gasteiger partial charge in [0.05, 0.1) is 6.61 Å². The molecule has 0 amide bonds. The van der Waals surface area contributed by atoms with Gasteiger partial charge in [-0.1, -0.05) is 72.8 Å². The van der Waals surface area contributed by atoms with Gasteiger partial charge >= 0.3 is 0 Å². The van der Waals surface area contributed by atoms with Crippen LogP contribution in [0.25, 0.3) is 23.3 Å². The van der Waals surface area contributed by atoms with Crippen molar-refractivity contribution in [2.45, 2.75) is 38.5 Å². The summed E-state index contributed by atoms with van der Waals surface area (Å²) in [5.41, 5.74) is 5.61. The first-order chi connectivity index (χ1) is 15.7. The number of benzene rings is 3. The molecule has 164 valence electrons. The van der Waals surface area contributed by atoms with Crippen LogP contribution in [0.2, 0.25) is 0 Å². The summed E-state index contributed by atoms with van der Waals surface area (Å²) in [7, 11) is 0. The maximum atomic E-state index is 14.2. The molecule has 1 aliphatic rings. The van der Waals surface area contributed by atoms with E-state index < -0.39 is 0 Å². The Morgan fingerprint density at radius 1 is 0.844 bits per heavy atom. The number of hydrogen-bond acceptors (Lipinski definition) is 1. The quantitative estimate of drug-likeness (QED) is 0.272. The fourth-order valence-corrected chi connectivity index (χ4v) is 4.50. The fraction of sp³-hybridized carbons (Fsp3) is 0.267. The predicted octanol–water partition coefficient (Wildman–Crippen LogP) is 8.52. The van der Waals surface area contributed by atoms with Gasteiger partial charge in [0.15, 0.2) is 11.6 Å². The molecule has 1 fully saturated rings. The summed E-state index contributed by atoms with van der Waals surface area (Å²) in [5, 5.41) is 0. The van der Waals surface area contributed by atoms with E-state index in [0.717, 1.165) is 16.7 Å². The molecule has 0 atom stereocenters. The zero-order valence-electron chi connectivity index (χ0n) is 18.8. The summed E-state index contributed by atoms with van der Waals surface area (Å²) in [4.78, 5) is 0. The predicted molar refractivity (Wildman–Crippen MR) is 133 cm³/mol. The van der Waals surface area contributed by atoms with Gasteiger partial charge < -0.3 is 4.74 Å². The summed E-state index contributed by atoms with van der Waals surface area (Å²) >= 11 is 0. The third kappa shape index (κ3) is 5.37. The zero-order chi connectivity index (χ0) is 22.3. The van der Waals surface area contributed by atoms with Crippen LogP contribution in [-0.4, -0.2) is 6.61 Å².